The Hall–Kier alpha value is -1.79. The molecule has 0 saturated heterocycles. The van der Waals surface area contributed by atoms with Gasteiger partial charge in [-0.1, -0.05) is 30.3 Å². The van der Waals surface area contributed by atoms with Crippen LogP contribution >= 0.6 is 11.8 Å². The Morgan fingerprint density at radius 3 is 2.44 bits per heavy atom. The van der Waals surface area contributed by atoms with Crippen LogP contribution in [0, 0.1) is 0 Å². The largest absolute Gasteiger partial charge is 0.369 e. The predicted molar refractivity (Wildman–Crippen MR) is 102 cm³/mol. The molecule has 2 aliphatic heterocycles. The fourth-order valence-electron chi connectivity index (χ4n) is 3.76. The topological polar surface area (TPSA) is 84.7 Å². The highest BCUT2D eigenvalue weighted by molar-refractivity contribution is 8.03. The number of nitrogens with two attached hydrogens (primary N) is 2. The normalized spacial score (nSPS) is 32.6. The van der Waals surface area contributed by atoms with Crippen LogP contribution in [0.5, 0.6) is 0 Å². The maximum atomic E-state index is 13.1. The van der Waals surface area contributed by atoms with Crippen LogP contribution in [-0.4, -0.2) is 41.1 Å². The second kappa shape index (κ2) is 5.88. The number of guanidine groups is 1. The highest BCUT2D eigenvalue weighted by atomic mass is 32.2. The number of rotatable bonds is 3. The molecule has 0 aromatic heterocycles. The van der Waals surface area contributed by atoms with Gasteiger partial charge < -0.3 is 11.5 Å². The highest BCUT2D eigenvalue weighted by Crippen LogP contribution is 2.48. The van der Waals surface area contributed by atoms with Crippen LogP contribution in [0.25, 0.3) is 0 Å². The molecule has 1 aromatic rings. The SMILES string of the molecule is CN1C(=O)[C@H](c2ccc(C3CC3)cc2)[C@@](C)(C2=CC(N)CS2)N=C1N. The fraction of sp³-hybridized carbons (Fsp3) is 0.474. The lowest BCUT2D eigenvalue weighted by Gasteiger charge is -2.41. The Morgan fingerprint density at radius 1 is 1.24 bits per heavy atom. The highest BCUT2D eigenvalue weighted by Gasteiger charge is 2.49. The van der Waals surface area contributed by atoms with E-state index in [-0.39, 0.29) is 23.8 Å². The molecule has 25 heavy (non-hydrogen) atoms. The van der Waals surface area contributed by atoms with Crippen molar-refractivity contribution in [3.05, 3.63) is 46.4 Å². The Labute approximate surface area is 152 Å². The van der Waals surface area contributed by atoms with Crippen molar-refractivity contribution < 1.29 is 4.79 Å². The predicted octanol–water partition coefficient (Wildman–Crippen LogP) is 2.15. The average Bonchev–Trinajstić information content (AvgIpc) is 3.34. The summed E-state index contributed by atoms with van der Waals surface area (Å²) in [4.78, 5) is 20.4. The summed E-state index contributed by atoms with van der Waals surface area (Å²) in [6, 6.07) is 8.48. The molecule has 4 N–H and O–H groups in total. The first kappa shape index (κ1) is 16.7. The van der Waals surface area contributed by atoms with Crippen molar-refractivity contribution in [3.63, 3.8) is 0 Å². The number of thioether (sulfide) groups is 1. The molecular formula is C19H24N4OS. The molecule has 0 spiro atoms. The van der Waals surface area contributed by atoms with E-state index in [1.54, 1.807) is 18.8 Å². The fourth-order valence-corrected chi connectivity index (χ4v) is 4.95. The van der Waals surface area contributed by atoms with Crippen molar-refractivity contribution in [2.75, 3.05) is 12.8 Å². The molecule has 1 fully saturated rings. The van der Waals surface area contributed by atoms with Gasteiger partial charge >= 0.3 is 0 Å². The molecule has 1 aliphatic carbocycles. The average molecular weight is 356 g/mol. The number of hydrogen-bond donors (Lipinski definition) is 2. The zero-order valence-corrected chi connectivity index (χ0v) is 15.4. The van der Waals surface area contributed by atoms with E-state index in [2.05, 4.69) is 24.3 Å². The summed E-state index contributed by atoms with van der Waals surface area (Å²) in [6.07, 6.45) is 4.57. The van der Waals surface area contributed by atoms with E-state index in [0.717, 1.165) is 16.2 Å². The monoisotopic (exact) mass is 356 g/mol. The second-order valence-corrected chi connectivity index (χ2v) is 8.46. The maximum Gasteiger partial charge on any atom is 0.239 e. The summed E-state index contributed by atoms with van der Waals surface area (Å²) >= 11 is 1.68. The van der Waals surface area contributed by atoms with Gasteiger partial charge in [-0.05, 0) is 36.8 Å². The number of hydrogen-bond acceptors (Lipinski definition) is 5. The van der Waals surface area contributed by atoms with Gasteiger partial charge in [0.05, 0.1) is 5.92 Å². The molecule has 132 valence electrons. The lowest BCUT2D eigenvalue weighted by molar-refractivity contribution is -0.129. The third kappa shape index (κ3) is 2.77. The van der Waals surface area contributed by atoms with Crippen molar-refractivity contribution in [3.8, 4) is 0 Å². The van der Waals surface area contributed by atoms with Crippen molar-refractivity contribution in [2.24, 2.45) is 16.5 Å². The summed E-state index contributed by atoms with van der Waals surface area (Å²) in [7, 11) is 1.69. The van der Waals surface area contributed by atoms with Gasteiger partial charge in [-0.15, -0.1) is 11.8 Å². The van der Waals surface area contributed by atoms with E-state index in [9.17, 15) is 4.79 Å². The number of nitrogens with zero attached hydrogens (tertiary/aromatic N) is 2. The lowest BCUT2D eigenvalue weighted by atomic mass is 9.77. The van der Waals surface area contributed by atoms with Gasteiger partial charge in [0.25, 0.3) is 0 Å². The third-order valence-corrected chi connectivity index (χ3v) is 6.86. The minimum Gasteiger partial charge on any atom is -0.369 e. The molecule has 0 bridgehead atoms. The minimum atomic E-state index is -0.701. The van der Waals surface area contributed by atoms with Gasteiger partial charge in [0.15, 0.2) is 5.96 Å². The van der Waals surface area contributed by atoms with Crippen LogP contribution in [0.15, 0.2) is 40.2 Å². The number of benzene rings is 1. The zero-order valence-electron chi connectivity index (χ0n) is 14.6. The molecule has 3 atom stereocenters. The van der Waals surface area contributed by atoms with Crippen LogP contribution in [0.2, 0.25) is 0 Å². The number of likely N-dealkylation sites (N-methyl/N-ethyl adjacent to an activating group) is 1. The van der Waals surface area contributed by atoms with Crippen LogP contribution in [0.3, 0.4) is 0 Å². The molecule has 2 heterocycles. The number of carbonyl (C=O) groups is 1. The first-order valence-electron chi connectivity index (χ1n) is 8.73. The van der Waals surface area contributed by atoms with E-state index < -0.39 is 5.54 Å². The summed E-state index contributed by atoms with van der Waals surface area (Å²) in [6.45, 7) is 2.00. The molecule has 3 aliphatic rings. The van der Waals surface area contributed by atoms with Gasteiger partial charge in [0.1, 0.15) is 5.54 Å². The summed E-state index contributed by atoms with van der Waals surface area (Å²) in [5.41, 5.74) is 13.8. The number of amides is 1. The molecule has 1 unspecified atom stereocenters. The number of aliphatic imine (C=N–C) groups is 1. The maximum absolute atomic E-state index is 13.1. The van der Waals surface area contributed by atoms with Crippen LogP contribution in [0.1, 0.15) is 42.7 Å². The molecular weight excluding hydrogens is 332 g/mol. The summed E-state index contributed by atoms with van der Waals surface area (Å²) in [5.74, 6) is 1.38. The van der Waals surface area contributed by atoms with E-state index in [0.29, 0.717) is 5.92 Å². The standard InChI is InChI=1S/C19H24N4OS/c1-19(15-9-14(20)10-25-15)16(17(24)23(2)18(21)22-19)13-7-5-12(6-8-13)11-3-4-11/h5-9,11,14,16H,3-4,10,20H2,1-2H3,(H2,21,22)/t14?,16-,19+/m0/s1. The molecule has 1 saturated carbocycles. The van der Waals surface area contributed by atoms with E-state index in [1.165, 1.54) is 23.3 Å². The smallest absolute Gasteiger partial charge is 0.239 e. The number of carbonyl (C=O) groups excluding carboxylic acids is 1. The quantitative estimate of drug-likeness (QED) is 0.869. The van der Waals surface area contributed by atoms with Gasteiger partial charge in [-0.3, -0.25) is 9.69 Å². The molecule has 0 radical (unpaired) electrons. The Bertz CT molecular complexity index is 768. The van der Waals surface area contributed by atoms with Crippen molar-refractivity contribution in [1.82, 2.24) is 4.90 Å². The van der Waals surface area contributed by atoms with Gasteiger partial charge in [-0.25, -0.2) is 4.99 Å². The minimum absolute atomic E-state index is 0.000834. The van der Waals surface area contributed by atoms with Gasteiger partial charge in [0, 0.05) is 23.7 Å². The first-order chi connectivity index (χ1) is 11.9. The van der Waals surface area contributed by atoms with Crippen LogP contribution < -0.4 is 11.5 Å². The van der Waals surface area contributed by atoms with E-state index in [1.807, 2.05) is 13.0 Å². The first-order valence-corrected chi connectivity index (χ1v) is 9.72. The Balaban J connectivity index is 1.78. The zero-order chi connectivity index (χ0) is 17.8. The van der Waals surface area contributed by atoms with Crippen molar-refractivity contribution in [1.29, 1.82) is 0 Å². The Kier molecular flexibility index (Phi) is 3.92. The molecule has 4 rings (SSSR count). The Morgan fingerprint density at radius 2 is 1.88 bits per heavy atom. The third-order valence-electron chi connectivity index (χ3n) is 5.44. The van der Waals surface area contributed by atoms with Crippen LogP contribution in [0.4, 0.5) is 0 Å². The summed E-state index contributed by atoms with van der Waals surface area (Å²) in [5, 5.41) is 0. The van der Waals surface area contributed by atoms with Crippen molar-refractivity contribution >= 4 is 23.6 Å². The molecule has 6 heteroatoms. The van der Waals surface area contributed by atoms with Crippen LogP contribution in [-0.2, 0) is 4.79 Å². The van der Waals surface area contributed by atoms with Gasteiger partial charge in [-0.2, -0.15) is 0 Å². The van der Waals surface area contributed by atoms with E-state index >= 15 is 0 Å². The summed E-state index contributed by atoms with van der Waals surface area (Å²) < 4.78 is 0. The molecule has 5 nitrogen and oxygen atoms in total. The van der Waals surface area contributed by atoms with Gasteiger partial charge in [0.2, 0.25) is 5.91 Å². The van der Waals surface area contributed by atoms with E-state index in [4.69, 9.17) is 16.5 Å². The second-order valence-electron chi connectivity index (χ2n) is 7.39. The van der Waals surface area contributed by atoms with Crippen molar-refractivity contribution in [2.45, 2.75) is 43.2 Å². The lowest BCUT2D eigenvalue weighted by Crippen LogP contribution is -2.54. The molecule has 1 amide bonds. The molecule has 1 aromatic carbocycles.